The maximum Gasteiger partial charge on any atom is 0.142 e. The van der Waals surface area contributed by atoms with Crippen molar-refractivity contribution in [3.63, 3.8) is 0 Å². The van der Waals surface area contributed by atoms with Gasteiger partial charge in [-0.1, -0.05) is 6.92 Å². The molecule has 0 bridgehead atoms. The molecule has 0 unspecified atom stereocenters. The molecule has 1 atom stereocenters. The van der Waals surface area contributed by atoms with E-state index in [2.05, 4.69) is 31.3 Å². The van der Waals surface area contributed by atoms with Crippen molar-refractivity contribution in [2.45, 2.75) is 38.6 Å². The van der Waals surface area contributed by atoms with Crippen LogP contribution in [0.5, 0.6) is 0 Å². The number of hydrogen-bond donors (Lipinski definition) is 1. The molecule has 0 amide bonds. The van der Waals surface area contributed by atoms with E-state index in [1.165, 1.54) is 0 Å². The van der Waals surface area contributed by atoms with E-state index in [1.807, 2.05) is 19.2 Å². The smallest absolute Gasteiger partial charge is 0.142 e. The Kier molecular flexibility index (Phi) is 5.08. The summed E-state index contributed by atoms with van der Waals surface area (Å²) < 4.78 is 16.7. The molecule has 1 N–H and O–H groups in total. The summed E-state index contributed by atoms with van der Waals surface area (Å²) in [7, 11) is 1.83. The largest absolute Gasteiger partial charge is 0.356 e. The summed E-state index contributed by atoms with van der Waals surface area (Å²) in [5, 5.41) is 1.07. The van der Waals surface area contributed by atoms with Gasteiger partial charge in [0.25, 0.3) is 0 Å². The van der Waals surface area contributed by atoms with E-state index < -0.39 is 9.73 Å². The lowest BCUT2D eigenvalue weighted by Crippen LogP contribution is -2.37. The van der Waals surface area contributed by atoms with E-state index in [-0.39, 0.29) is 0 Å². The monoisotopic (exact) mass is 349 g/mol. The number of rotatable bonds is 5. The van der Waals surface area contributed by atoms with Crippen molar-refractivity contribution < 1.29 is 4.21 Å². The minimum atomic E-state index is -1.99. The predicted octanol–water partition coefficient (Wildman–Crippen LogP) is 3.07. The molecular weight excluding hydrogens is 322 g/mol. The molecule has 0 radical (unpaired) electrons. The molecule has 24 heavy (non-hydrogen) atoms. The molecule has 1 aliphatic rings. The van der Waals surface area contributed by atoms with Crippen molar-refractivity contribution in [3.8, 4) is 0 Å². The van der Waals surface area contributed by atoms with Crippen LogP contribution in [0, 0.1) is 5.92 Å². The van der Waals surface area contributed by atoms with E-state index in [0.717, 1.165) is 48.3 Å². The first-order valence-electron chi connectivity index (χ1n) is 8.68. The lowest BCUT2D eigenvalue weighted by Gasteiger charge is -2.35. The Bertz CT molecular complexity index is 800. The Morgan fingerprint density at radius 3 is 2.75 bits per heavy atom. The first-order chi connectivity index (χ1) is 11.6. The Hall–Kier alpha value is -1.63. The van der Waals surface area contributed by atoms with Crippen LogP contribution in [0.15, 0.2) is 23.0 Å². The zero-order chi connectivity index (χ0) is 17.2. The van der Waals surface area contributed by atoms with Crippen LogP contribution in [0.3, 0.4) is 0 Å². The third kappa shape index (κ3) is 3.41. The zero-order valence-corrected chi connectivity index (χ0v) is 15.6. The maximum atomic E-state index is 12.5. The van der Waals surface area contributed by atoms with Crippen molar-refractivity contribution in [3.05, 3.63) is 18.6 Å². The highest BCUT2D eigenvalue weighted by Gasteiger charge is 2.27. The number of anilines is 1. The predicted molar refractivity (Wildman–Crippen MR) is 99.9 cm³/mol. The highest BCUT2D eigenvalue weighted by molar-refractivity contribution is 7.93. The minimum Gasteiger partial charge on any atom is -0.356 e. The topological polar surface area (TPSA) is 74.2 Å². The summed E-state index contributed by atoms with van der Waals surface area (Å²) >= 11 is 0. The highest BCUT2D eigenvalue weighted by atomic mass is 32.2. The van der Waals surface area contributed by atoms with Gasteiger partial charge in [-0.3, -0.25) is 0 Å². The Morgan fingerprint density at radius 1 is 1.33 bits per heavy atom. The third-order valence-electron chi connectivity index (χ3n) is 5.31. The number of nitrogens with zero attached hydrogens (tertiary/aromatic N) is 4. The Morgan fingerprint density at radius 2 is 2.08 bits per heavy atom. The molecule has 0 spiro atoms. The molecule has 0 aliphatic heterocycles. The van der Waals surface area contributed by atoms with Crippen LogP contribution < -0.4 is 4.90 Å². The number of hydrogen-bond acceptors (Lipinski definition) is 5. The second-order valence-corrected chi connectivity index (χ2v) is 9.45. The van der Waals surface area contributed by atoms with Gasteiger partial charge in [-0.15, -0.1) is 0 Å². The number of aromatic amines is 1. The molecule has 6 nitrogen and oxygen atoms in total. The van der Waals surface area contributed by atoms with Gasteiger partial charge in [-0.25, -0.2) is 18.5 Å². The Labute approximate surface area is 144 Å². The van der Waals surface area contributed by atoms with Crippen LogP contribution in [-0.2, 0) is 9.73 Å². The van der Waals surface area contributed by atoms with Gasteiger partial charge in [0.05, 0.1) is 5.39 Å². The summed E-state index contributed by atoms with van der Waals surface area (Å²) in [4.78, 5) is 14.2. The first kappa shape index (κ1) is 17.2. The van der Waals surface area contributed by atoms with Gasteiger partial charge in [0.15, 0.2) is 0 Å². The summed E-state index contributed by atoms with van der Waals surface area (Å²) in [6.45, 7) is 1.98. The second kappa shape index (κ2) is 7.09. The average Bonchev–Trinajstić information content (AvgIpc) is 3.10. The van der Waals surface area contributed by atoms with Crippen molar-refractivity contribution >= 4 is 26.6 Å². The second-order valence-electron chi connectivity index (χ2n) is 6.63. The van der Waals surface area contributed by atoms with Crippen LogP contribution >= 0.6 is 0 Å². The van der Waals surface area contributed by atoms with Crippen LogP contribution in [-0.4, -0.2) is 50.8 Å². The van der Waals surface area contributed by atoms with Crippen molar-refractivity contribution in [2.24, 2.45) is 10.3 Å². The highest BCUT2D eigenvalue weighted by Crippen LogP contribution is 2.32. The molecule has 1 aliphatic carbocycles. The number of aromatic nitrogens is 3. The quantitative estimate of drug-likeness (QED) is 0.900. The first-order valence-corrected chi connectivity index (χ1v) is 10.5. The Balaban J connectivity index is 1.66. The summed E-state index contributed by atoms with van der Waals surface area (Å²) in [5.74, 6) is 2.94. The fourth-order valence-corrected chi connectivity index (χ4v) is 5.41. The van der Waals surface area contributed by atoms with E-state index in [4.69, 9.17) is 0 Å². The summed E-state index contributed by atoms with van der Waals surface area (Å²) in [5.41, 5.74) is 0.882. The van der Waals surface area contributed by atoms with Crippen LogP contribution in [0.2, 0.25) is 0 Å². The van der Waals surface area contributed by atoms with E-state index >= 15 is 0 Å². The van der Waals surface area contributed by atoms with Gasteiger partial charge in [-0.2, -0.15) is 0 Å². The molecule has 2 heterocycles. The summed E-state index contributed by atoms with van der Waals surface area (Å²) in [6.07, 6.45) is 7.98. The van der Waals surface area contributed by atoms with E-state index in [0.29, 0.717) is 17.7 Å². The zero-order valence-electron chi connectivity index (χ0n) is 14.7. The molecule has 2 aromatic rings. The van der Waals surface area contributed by atoms with Gasteiger partial charge in [0.1, 0.15) is 17.8 Å². The van der Waals surface area contributed by atoms with Crippen molar-refractivity contribution in [1.82, 2.24) is 15.0 Å². The molecule has 0 saturated heterocycles. The van der Waals surface area contributed by atoms with Crippen LogP contribution in [0.4, 0.5) is 5.82 Å². The molecule has 7 heteroatoms. The van der Waals surface area contributed by atoms with Crippen molar-refractivity contribution in [2.75, 3.05) is 30.5 Å². The molecule has 1 fully saturated rings. The van der Waals surface area contributed by atoms with Gasteiger partial charge in [0.2, 0.25) is 0 Å². The fraction of sp³-hybridized carbons (Fsp3) is 0.647. The van der Waals surface area contributed by atoms with Crippen molar-refractivity contribution in [1.29, 1.82) is 0 Å². The third-order valence-corrected chi connectivity index (χ3v) is 7.87. The molecule has 132 valence electrons. The minimum absolute atomic E-state index is 0.477. The van der Waals surface area contributed by atoms with E-state index in [9.17, 15) is 4.21 Å². The lowest BCUT2D eigenvalue weighted by molar-refractivity contribution is 0.342. The maximum absolute atomic E-state index is 12.5. The van der Waals surface area contributed by atoms with E-state index in [1.54, 1.807) is 13.4 Å². The standard InChI is InChI=1S/C17H27N5OS/c1-4-24(23,18-2)11-13-5-7-14(8-6-13)22(3)17-15-9-10-19-16(15)20-12-21-17/h9-10,12-14H,4-8,11H2,1-3H3,(H,19,20,21)/t13?,14?,24-/m0/s1. The van der Waals surface area contributed by atoms with Gasteiger partial charge in [0, 0.05) is 47.6 Å². The molecular formula is C17H27N5OS. The number of fused-ring (bicyclic) bond motifs is 1. The lowest BCUT2D eigenvalue weighted by atomic mass is 9.86. The van der Waals surface area contributed by atoms with Gasteiger partial charge >= 0.3 is 0 Å². The fourth-order valence-electron chi connectivity index (χ4n) is 3.70. The molecule has 2 aromatic heterocycles. The van der Waals surface area contributed by atoms with Gasteiger partial charge < -0.3 is 9.88 Å². The summed E-state index contributed by atoms with van der Waals surface area (Å²) in [6, 6.07) is 2.51. The van der Waals surface area contributed by atoms with Crippen LogP contribution in [0.25, 0.3) is 11.0 Å². The number of nitrogens with one attached hydrogen (secondary N) is 1. The molecule has 1 saturated carbocycles. The number of H-pyrrole nitrogens is 1. The molecule has 0 aromatic carbocycles. The molecule has 3 rings (SSSR count). The average molecular weight is 350 g/mol. The van der Waals surface area contributed by atoms with Gasteiger partial charge in [-0.05, 0) is 37.7 Å². The normalized spacial score (nSPS) is 23.8. The van der Waals surface area contributed by atoms with Crippen LogP contribution in [0.1, 0.15) is 32.6 Å². The SMILES string of the molecule is CC[S@](=O)(CC1CCC(N(C)c2ncnc3[nH]ccc23)CC1)=NC.